The lowest BCUT2D eigenvalue weighted by atomic mass is 9.82. The van der Waals surface area contributed by atoms with Gasteiger partial charge in [0.1, 0.15) is 0 Å². The van der Waals surface area contributed by atoms with Gasteiger partial charge in [0.25, 0.3) is 0 Å². The minimum absolute atomic E-state index is 0.00637. The smallest absolute Gasteiger partial charge is 0.344 e. The fourth-order valence-corrected chi connectivity index (χ4v) is 2.10. The Labute approximate surface area is 128 Å². The van der Waals surface area contributed by atoms with E-state index in [-0.39, 0.29) is 25.7 Å². The number of halogens is 1. The van der Waals surface area contributed by atoms with Crippen LogP contribution < -0.4 is 5.32 Å². The summed E-state index contributed by atoms with van der Waals surface area (Å²) >= 11 is 5.50. The van der Waals surface area contributed by atoms with Gasteiger partial charge in [-0.3, -0.25) is 4.79 Å². The summed E-state index contributed by atoms with van der Waals surface area (Å²) in [4.78, 5) is 35.3. The number of carbonyl (C=O) groups excluding carboxylic acids is 2. The van der Waals surface area contributed by atoms with Crippen molar-refractivity contribution in [3.05, 3.63) is 0 Å². The molecule has 0 spiro atoms. The van der Waals surface area contributed by atoms with Crippen molar-refractivity contribution in [2.75, 3.05) is 25.7 Å². The standard InChI is InChI=1S/C13H22ClNO6/c1-4-10(8-20-7-6-14)13(11(17)18,15-9(3)16)12(19)21-5-2/h10H,4-8H2,1-3H3,(H,15,16)(H,17,18). The molecular formula is C13H22ClNO6. The third-order valence-electron chi connectivity index (χ3n) is 2.95. The van der Waals surface area contributed by atoms with Crippen LogP contribution in [0.3, 0.4) is 0 Å². The second-order valence-corrected chi connectivity index (χ2v) is 4.76. The maximum atomic E-state index is 12.2. The van der Waals surface area contributed by atoms with Gasteiger partial charge in [0.15, 0.2) is 0 Å². The molecule has 0 fully saturated rings. The number of hydrogen-bond acceptors (Lipinski definition) is 5. The van der Waals surface area contributed by atoms with E-state index < -0.39 is 29.3 Å². The van der Waals surface area contributed by atoms with Crippen molar-refractivity contribution in [1.29, 1.82) is 0 Å². The Hall–Kier alpha value is -1.34. The van der Waals surface area contributed by atoms with E-state index in [9.17, 15) is 19.5 Å². The summed E-state index contributed by atoms with van der Waals surface area (Å²) in [7, 11) is 0. The Morgan fingerprint density at radius 2 is 1.95 bits per heavy atom. The molecule has 2 N–H and O–H groups in total. The number of alkyl halides is 1. The molecule has 0 aliphatic heterocycles. The number of nitrogens with one attached hydrogen (secondary N) is 1. The molecule has 7 nitrogen and oxygen atoms in total. The van der Waals surface area contributed by atoms with E-state index in [0.717, 1.165) is 6.92 Å². The van der Waals surface area contributed by atoms with E-state index in [1.165, 1.54) is 0 Å². The molecule has 2 atom stereocenters. The van der Waals surface area contributed by atoms with E-state index in [2.05, 4.69) is 5.32 Å². The molecule has 122 valence electrons. The summed E-state index contributed by atoms with van der Waals surface area (Å²) in [5.74, 6) is -3.65. The molecule has 1 amide bonds. The first-order valence-electron chi connectivity index (χ1n) is 6.69. The fraction of sp³-hybridized carbons (Fsp3) is 0.769. The molecular weight excluding hydrogens is 302 g/mol. The first kappa shape index (κ1) is 19.7. The molecule has 8 heteroatoms. The molecule has 2 unspecified atom stereocenters. The molecule has 0 aromatic rings. The average molecular weight is 324 g/mol. The van der Waals surface area contributed by atoms with Crippen LogP contribution in [0.4, 0.5) is 0 Å². The van der Waals surface area contributed by atoms with Gasteiger partial charge in [-0.2, -0.15) is 0 Å². The Kier molecular flexibility index (Phi) is 8.96. The van der Waals surface area contributed by atoms with Gasteiger partial charge in [0.05, 0.1) is 19.8 Å². The Morgan fingerprint density at radius 1 is 1.33 bits per heavy atom. The van der Waals surface area contributed by atoms with E-state index in [1.54, 1.807) is 13.8 Å². The predicted octanol–water partition coefficient (Wildman–Crippen LogP) is 0.791. The molecule has 0 radical (unpaired) electrons. The van der Waals surface area contributed by atoms with Crippen molar-refractivity contribution in [1.82, 2.24) is 5.32 Å². The zero-order valence-electron chi connectivity index (χ0n) is 12.5. The lowest BCUT2D eigenvalue weighted by molar-refractivity contribution is -0.170. The number of carboxylic acids is 1. The van der Waals surface area contributed by atoms with Crippen molar-refractivity contribution < 1.29 is 29.0 Å². The van der Waals surface area contributed by atoms with Crippen molar-refractivity contribution in [3.63, 3.8) is 0 Å². The van der Waals surface area contributed by atoms with Crippen LogP contribution in [0.5, 0.6) is 0 Å². The van der Waals surface area contributed by atoms with Crippen LogP contribution in [0, 0.1) is 5.92 Å². The molecule has 0 heterocycles. The van der Waals surface area contributed by atoms with E-state index in [0.29, 0.717) is 6.42 Å². The number of carboxylic acid groups (broad SMARTS) is 1. The zero-order chi connectivity index (χ0) is 16.5. The summed E-state index contributed by atoms with van der Waals surface area (Å²) in [6.07, 6.45) is 0.299. The Morgan fingerprint density at radius 3 is 2.33 bits per heavy atom. The van der Waals surface area contributed by atoms with Gasteiger partial charge in [-0.15, -0.1) is 11.6 Å². The van der Waals surface area contributed by atoms with Gasteiger partial charge in [0, 0.05) is 18.7 Å². The maximum absolute atomic E-state index is 12.2. The molecule has 0 rings (SSSR count). The molecule has 0 aromatic heterocycles. The summed E-state index contributed by atoms with van der Waals surface area (Å²) < 4.78 is 10.1. The molecule has 0 aliphatic rings. The number of aliphatic carboxylic acids is 1. The SMILES string of the molecule is CCOC(=O)C(NC(C)=O)(C(=O)O)C(CC)COCCCl. The first-order valence-corrected chi connectivity index (χ1v) is 7.23. The molecule has 0 saturated heterocycles. The third kappa shape index (κ3) is 5.17. The van der Waals surface area contributed by atoms with Gasteiger partial charge < -0.3 is 19.9 Å². The molecule has 21 heavy (non-hydrogen) atoms. The second-order valence-electron chi connectivity index (χ2n) is 4.38. The maximum Gasteiger partial charge on any atom is 0.344 e. The van der Waals surface area contributed by atoms with Crippen molar-refractivity contribution in [2.45, 2.75) is 32.7 Å². The Bertz CT molecular complexity index is 376. The number of esters is 1. The quantitative estimate of drug-likeness (QED) is 0.267. The van der Waals surface area contributed by atoms with Crippen LogP contribution in [0.1, 0.15) is 27.2 Å². The summed E-state index contributed by atoms with van der Waals surface area (Å²) in [5, 5.41) is 11.8. The number of ether oxygens (including phenoxy) is 2. The monoisotopic (exact) mass is 323 g/mol. The summed E-state index contributed by atoms with van der Waals surface area (Å²) in [5.41, 5.74) is -2.16. The lowest BCUT2D eigenvalue weighted by Crippen LogP contribution is -2.65. The van der Waals surface area contributed by atoms with Crippen molar-refractivity contribution in [2.24, 2.45) is 5.92 Å². The highest BCUT2D eigenvalue weighted by molar-refractivity contribution is 6.17. The highest BCUT2D eigenvalue weighted by Gasteiger charge is 2.54. The average Bonchev–Trinajstić information content (AvgIpc) is 2.41. The normalized spacial score (nSPS) is 14.9. The Balaban J connectivity index is 5.53. The number of hydrogen-bond donors (Lipinski definition) is 2. The van der Waals surface area contributed by atoms with Gasteiger partial charge in [-0.1, -0.05) is 6.92 Å². The van der Waals surface area contributed by atoms with Crippen LogP contribution in [-0.2, 0) is 23.9 Å². The minimum Gasteiger partial charge on any atom is -0.479 e. The van der Waals surface area contributed by atoms with E-state index in [4.69, 9.17) is 21.1 Å². The molecule has 0 bridgehead atoms. The lowest BCUT2D eigenvalue weighted by Gasteiger charge is -2.34. The van der Waals surface area contributed by atoms with Gasteiger partial charge in [0.2, 0.25) is 11.4 Å². The molecule has 0 saturated carbocycles. The summed E-state index contributed by atoms with van der Waals surface area (Å²) in [6.45, 7) is 4.59. The van der Waals surface area contributed by atoms with Crippen LogP contribution in [0.25, 0.3) is 0 Å². The van der Waals surface area contributed by atoms with Crippen molar-refractivity contribution >= 4 is 29.4 Å². The first-order chi connectivity index (χ1) is 9.86. The number of amides is 1. The van der Waals surface area contributed by atoms with Crippen LogP contribution in [0.15, 0.2) is 0 Å². The zero-order valence-corrected chi connectivity index (χ0v) is 13.2. The van der Waals surface area contributed by atoms with Gasteiger partial charge in [-0.05, 0) is 13.3 Å². The minimum atomic E-state index is -2.16. The van der Waals surface area contributed by atoms with Crippen LogP contribution in [0.2, 0.25) is 0 Å². The number of carbonyl (C=O) groups is 3. The van der Waals surface area contributed by atoms with Crippen molar-refractivity contribution in [3.8, 4) is 0 Å². The van der Waals surface area contributed by atoms with E-state index >= 15 is 0 Å². The highest BCUT2D eigenvalue weighted by Crippen LogP contribution is 2.24. The molecule has 0 aromatic carbocycles. The molecule has 0 aliphatic carbocycles. The van der Waals surface area contributed by atoms with Gasteiger partial charge in [-0.25, -0.2) is 9.59 Å². The largest absolute Gasteiger partial charge is 0.479 e. The number of rotatable bonds is 10. The van der Waals surface area contributed by atoms with E-state index in [1.807, 2.05) is 0 Å². The topological polar surface area (TPSA) is 102 Å². The predicted molar refractivity (Wildman–Crippen MR) is 76.1 cm³/mol. The highest BCUT2D eigenvalue weighted by atomic mass is 35.5. The second kappa shape index (κ2) is 9.57. The summed E-state index contributed by atoms with van der Waals surface area (Å²) in [6, 6.07) is 0. The van der Waals surface area contributed by atoms with Gasteiger partial charge >= 0.3 is 11.9 Å². The fourth-order valence-electron chi connectivity index (χ4n) is 1.99. The third-order valence-corrected chi connectivity index (χ3v) is 3.11. The van der Waals surface area contributed by atoms with Crippen LogP contribution >= 0.6 is 11.6 Å². The van der Waals surface area contributed by atoms with Crippen LogP contribution in [-0.4, -0.2) is 54.2 Å².